The third kappa shape index (κ3) is 4.01. The van der Waals surface area contributed by atoms with Crippen LogP contribution >= 0.6 is 28.1 Å². The summed E-state index contributed by atoms with van der Waals surface area (Å²) >= 11 is 8.45. The van der Waals surface area contributed by atoms with Gasteiger partial charge in [0.2, 0.25) is 5.91 Å². The summed E-state index contributed by atoms with van der Waals surface area (Å²) in [5, 5.41) is 0. The number of hydrogen-bond acceptors (Lipinski definition) is 2. The van der Waals surface area contributed by atoms with E-state index in [0.717, 1.165) is 29.4 Å². The Morgan fingerprint density at radius 3 is 3.00 bits per heavy atom. The Balaban J connectivity index is 1.98. The van der Waals surface area contributed by atoms with Crippen molar-refractivity contribution in [2.24, 2.45) is 11.7 Å². The number of piperidine rings is 1. The predicted molar refractivity (Wildman–Crippen MR) is 83.9 cm³/mol. The molecular weight excluding hydrogens is 324 g/mol. The molecule has 102 valence electrons. The summed E-state index contributed by atoms with van der Waals surface area (Å²) in [6.45, 7) is 1.48. The van der Waals surface area contributed by atoms with Crippen LogP contribution in [0.5, 0.6) is 0 Å². The molecule has 0 aromatic heterocycles. The van der Waals surface area contributed by atoms with Gasteiger partial charge in [-0.25, -0.2) is 0 Å². The maximum absolute atomic E-state index is 12.3. The Morgan fingerprint density at radius 1 is 1.53 bits per heavy atom. The van der Waals surface area contributed by atoms with Crippen molar-refractivity contribution in [3.63, 3.8) is 0 Å². The van der Waals surface area contributed by atoms with E-state index in [1.54, 1.807) is 0 Å². The zero-order valence-corrected chi connectivity index (χ0v) is 13.0. The Bertz CT molecular complexity index is 492. The summed E-state index contributed by atoms with van der Waals surface area (Å²) in [5.41, 5.74) is 6.71. The van der Waals surface area contributed by atoms with Gasteiger partial charge in [0.05, 0.1) is 11.4 Å². The normalized spacial score (nSPS) is 19.2. The standard InChI is InChI=1S/C14H17BrN2OS/c15-12-5-1-3-10(7-12)8-13(18)17-6-2-4-11(9-17)14(16)19/h1,3,5,7,11H,2,4,6,8-9H2,(H2,16,19). The number of carbonyl (C=O) groups excluding carboxylic acids is 1. The number of hydrogen-bond donors (Lipinski definition) is 1. The Kier molecular flexibility index (Phi) is 4.93. The molecule has 1 saturated heterocycles. The van der Waals surface area contributed by atoms with Crippen LogP contribution < -0.4 is 5.73 Å². The number of nitrogens with two attached hydrogens (primary N) is 1. The average molecular weight is 341 g/mol. The van der Waals surface area contributed by atoms with Crippen LogP contribution in [-0.4, -0.2) is 28.9 Å². The molecule has 1 amide bonds. The van der Waals surface area contributed by atoms with Crippen molar-refractivity contribution in [1.29, 1.82) is 0 Å². The van der Waals surface area contributed by atoms with E-state index in [9.17, 15) is 4.79 Å². The second kappa shape index (κ2) is 6.48. The Hall–Kier alpha value is -0.940. The van der Waals surface area contributed by atoms with Gasteiger partial charge < -0.3 is 10.6 Å². The number of benzene rings is 1. The zero-order valence-electron chi connectivity index (χ0n) is 10.6. The molecule has 0 spiro atoms. The highest BCUT2D eigenvalue weighted by atomic mass is 79.9. The van der Waals surface area contributed by atoms with Gasteiger partial charge in [0.15, 0.2) is 0 Å². The monoisotopic (exact) mass is 340 g/mol. The van der Waals surface area contributed by atoms with Gasteiger partial charge in [-0.1, -0.05) is 40.3 Å². The van der Waals surface area contributed by atoms with Gasteiger partial charge in [-0.3, -0.25) is 4.79 Å². The molecule has 1 aromatic carbocycles. The quantitative estimate of drug-likeness (QED) is 0.860. The minimum absolute atomic E-state index is 0.152. The lowest BCUT2D eigenvalue weighted by molar-refractivity contribution is -0.131. The summed E-state index contributed by atoms with van der Waals surface area (Å²) in [7, 11) is 0. The molecular formula is C14H17BrN2OS. The third-order valence-electron chi connectivity index (χ3n) is 3.42. The van der Waals surface area contributed by atoms with E-state index in [1.807, 2.05) is 29.2 Å². The summed E-state index contributed by atoms with van der Waals surface area (Å²) in [6, 6.07) is 7.85. The van der Waals surface area contributed by atoms with Crippen molar-refractivity contribution in [1.82, 2.24) is 4.90 Å². The minimum atomic E-state index is 0.152. The summed E-state index contributed by atoms with van der Waals surface area (Å²) in [6.07, 6.45) is 2.41. The molecule has 1 heterocycles. The van der Waals surface area contributed by atoms with Crippen molar-refractivity contribution in [3.05, 3.63) is 34.3 Å². The van der Waals surface area contributed by atoms with Crippen molar-refractivity contribution in [3.8, 4) is 0 Å². The van der Waals surface area contributed by atoms with E-state index in [4.69, 9.17) is 18.0 Å². The molecule has 1 unspecified atom stereocenters. The third-order valence-corrected chi connectivity index (χ3v) is 4.25. The molecule has 1 aliphatic rings. The summed E-state index contributed by atoms with van der Waals surface area (Å²) < 4.78 is 0.998. The van der Waals surface area contributed by atoms with Crippen molar-refractivity contribution in [2.45, 2.75) is 19.3 Å². The molecule has 0 saturated carbocycles. The highest BCUT2D eigenvalue weighted by molar-refractivity contribution is 9.10. The van der Waals surface area contributed by atoms with Gasteiger partial charge in [-0.2, -0.15) is 0 Å². The maximum atomic E-state index is 12.3. The van der Waals surface area contributed by atoms with E-state index < -0.39 is 0 Å². The first-order valence-electron chi connectivity index (χ1n) is 6.38. The first-order chi connectivity index (χ1) is 9.06. The van der Waals surface area contributed by atoms with E-state index in [1.165, 1.54) is 0 Å². The van der Waals surface area contributed by atoms with Gasteiger partial charge >= 0.3 is 0 Å². The van der Waals surface area contributed by atoms with Gasteiger partial charge in [0.25, 0.3) is 0 Å². The number of carbonyl (C=O) groups is 1. The van der Waals surface area contributed by atoms with Crippen LogP contribution in [0.2, 0.25) is 0 Å². The van der Waals surface area contributed by atoms with E-state index in [0.29, 0.717) is 18.0 Å². The lowest BCUT2D eigenvalue weighted by Crippen LogP contribution is -2.44. The number of halogens is 1. The number of nitrogens with zero attached hydrogens (tertiary/aromatic N) is 1. The van der Waals surface area contributed by atoms with Gasteiger partial charge in [0, 0.05) is 23.5 Å². The van der Waals surface area contributed by atoms with E-state index >= 15 is 0 Å². The topological polar surface area (TPSA) is 46.3 Å². The number of likely N-dealkylation sites (tertiary alicyclic amines) is 1. The molecule has 0 radical (unpaired) electrons. The maximum Gasteiger partial charge on any atom is 0.227 e. The van der Waals surface area contributed by atoms with Crippen LogP contribution in [0, 0.1) is 5.92 Å². The van der Waals surface area contributed by atoms with E-state index in [2.05, 4.69) is 15.9 Å². The molecule has 5 heteroatoms. The number of rotatable bonds is 3. The number of thiocarbonyl (C=S) groups is 1. The van der Waals surface area contributed by atoms with Crippen LogP contribution in [0.4, 0.5) is 0 Å². The van der Waals surface area contributed by atoms with Crippen LogP contribution in [0.15, 0.2) is 28.7 Å². The van der Waals surface area contributed by atoms with Crippen molar-refractivity contribution < 1.29 is 4.79 Å². The van der Waals surface area contributed by atoms with E-state index in [-0.39, 0.29) is 11.8 Å². The molecule has 1 aromatic rings. The highest BCUT2D eigenvalue weighted by Gasteiger charge is 2.25. The van der Waals surface area contributed by atoms with Gasteiger partial charge in [0.1, 0.15) is 0 Å². The lowest BCUT2D eigenvalue weighted by Gasteiger charge is -2.32. The average Bonchev–Trinajstić information content (AvgIpc) is 2.39. The molecule has 1 atom stereocenters. The van der Waals surface area contributed by atoms with Crippen molar-refractivity contribution in [2.75, 3.05) is 13.1 Å². The van der Waals surface area contributed by atoms with Crippen LogP contribution in [0.1, 0.15) is 18.4 Å². The molecule has 19 heavy (non-hydrogen) atoms. The summed E-state index contributed by atoms with van der Waals surface area (Å²) in [5.74, 6) is 0.328. The Morgan fingerprint density at radius 2 is 2.32 bits per heavy atom. The molecule has 3 nitrogen and oxygen atoms in total. The SMILES string of the molecule is NC(=S)C1CCCN(C(=O)Cc2cccc(Br)c2)C1. The Labute approximate surface area is 127 Å². The molecule has 0 bridgehead atoms. The summed E-state index contributed by atoms with van der Waals surface area (Å²) in [4.78, 5) is 14.7. The fraction of sp³-hybridized carbons (Fsp3) is 0.429. The molecule has 1 fully saturated rings. The predicted octanol–water partition coefficient (Wildman–Crippen LogP) is 2.52. The van der Waals surface area contributed by atoms with Gasteiger partial charge in [-0.05, 0) is 30.5 Å². The minimum Gasteiger partial charge on any atom is -0.393 e. The zero-order chi connectivity index (χ0) is 13.8. The van der Waals surface area contributed by atoms with Crippen molar-refractivity contribution >= 4 is 39.0 Å². The molecule has 2 N–H and O–H groups in total. The highest BCUT2D eigenvalue weighted by Crippen LogP contribution is 2.18. The molecule has 0 aliphatic carbocycles. The largest absolute Gasteiger partial charge is 0.393 e. The van der Waals surface area contributed by atoms with Crippen LogP contribution in [0.3, 0.4) is 0 Å². The first-order valence-corrected chi connectivity index (χ1v) is 7.58. The first kappa shape index (κ1) is 14.5. The fourth-order valence-electron chi connectivity index (χ4n) is 2.37. The van der Waals surface area contributed by atoms with Crippen LogP contribution in [0.25, 0.3) is 0 Å². The lowest BCUT2D eigenvalue weighted by atomic mass is 9.97. The smallest absolute Gasteiger partial charge is 0.227 e. The van der Waals surface area contributed by atoms with Gasteiger partial charge in [-0.15, -0.1) is 0 Å². The second-order valence-electron chi connectivity index (χ2n) is 4.89. The fourth-order valence-corrected chi connectivity index (χ4v) is 3.01. The van der Waals surface area contributed by atoms with Crippen LogP contribution in [-0.2, 0) is 11.2 Å². The second-order valence-corrected chi connectivity index (χ2v) is 6.28. The number of amides is 1. The molecule has 1 aliphatic heterocycles. The molecule has 2 rings (SSSR count).